The maximum atomic E-state index is 3.48. The van der Waals surface area contributed by atoms with Gasteiger partial charge in [-0.3, -0.25) is 0 Å². The molecule has 1 unspecified atom stereocenters. The van der Waals surface area contributed by atoms with Gasteiger partial charge >= 0.3 is 0 Å². The summed E-state index contributed by atoms with van der Waals surface area (Å²) in [7, 11) is 4.42. The van der Waals surface area contributed by atoms with Crippen molar-refractivity contribution < 1.29 is 0 Å². The van der Waals surface area contributed by atoms with Gasteiger partial charge in [0, 0.05) is 18.6 Å². The predicted octanol–water partition coefficient (Wildman–Crippen LogP) is 1.79. The summed E-state index contributed by atoms with van der Waals surface area (Å²) in [5.74, 6) is 0. The van der Waals surface area contributed by atoms with E-state index in [-0.39, 0.29) is 0 Å². The van der Waals surface area contributed by atoms with Crippen LogP contribution in [-0.2, 0) is 0 Å². The molecule has 0 aliphatic carbocycles. The molecule has 1 aliphatic rings. The zero-order valence-corrected chi connectivity index (χ0v) is 12.2. The number of likely N-dealkylation sites (N-methyl/N-ethyl adjacent to an activating group) is 1. The van der Waals surface area contributed by atoms with Crippen molar-refractivity contribution in [3.05, 3.63) is 0 Å². The van der Waals surface area contributed by atoms with Gasteiger partial charge in [0.1, 0.15) is 0 Å². The summed E-state index contributed by atoms with van der Waals surface area (Å²) in [6.07, 6.45) is 5.38. The van der Waals surface area contributed by atoms with Gasteiger partial charge in [0.25, 0.3) is 0 Å². The lowest BCUT2D eigenvalue weighted by molar-refractivity contribution is 0.131. The Labute approximate surface area is 108 Å². The van der Waals surface area contributed by atoms with Crippen molar-refractivity contribution in [2.45, 2.75) is 51.6 Å². The molecule has 1 rings (SSSR count). The Balaban J connectivity index is 2.06. The largest absolute Gasteiger partial charge is 0.315 e. The minimum atomic E-state index is 0.628. The quantitative estimate of drug-likeness (QED) is 0.686. The fourth-order valence-electron chi connectivity index (χ4n) is 2.51. The van der Waals surface area contributed by atoms with Crippen LogP contribution in [0.3, 0.4) is 0 Å². The van der Waals surface area contributed by atoms with E-state index >= 15 is 0 Å². The lowest BCUT2D eigenvalue weighted by Crippen LogP contribution is -2.45. The Bertz CT molecular complexity index is 192. The fourth-order valence-corrected chi connectivity index (χ4v) is 2.51. The molecular weight excluding hydrogens is 210 g/mol. The van der Waals surface area contributed by atoms with Crippen LogP contribution in [-0.4, -0.2) is 62.2 Å². The predicted molar refractivity (Wildman–Crippen MR) is 75.5 cm³/mol. The lowest BCUT2D eigenvalue weighted by Gasteiger charge is -2.36. The molecule has 1 fully saturated rings. The number of rotatable bonds is 7. The van der Waals surface area contributed by atoms with Crippen LogP contribution < -0.4 is 5.32 Å². The summed E-state index contributed by atoms with van der Waals surface area (Å²) < 4.78 is 0. The molecular formula is C14H31N3. The summed E-state index contributed by atoms with van der Waals surface area (Å²) in [6.45, 7) is 9.46. The number of piperidine rings is 1. The molecule has 0 spiro atoms. The summed E-state index contributed by atoms with van der Waals surface area (Å²) >= 11 is 0. The van der Waals surface area contributed by atoms with Crippen molar-refractivity contribution in [2.24, 2.45) is 0 Å². The highest BCUT2D eigenvalue weighted by Crippen LogP contribution is 2.13. The number of nitrogens with one attached hydrogen (secondary N) is 1. The maximum absolute atomic E-state index is 3.48. The summed E-state index contributed by atoms with van der Waals surface area (Å²) in [6, 6.07) is 1.40. The van der Waals surface area contributed by atoms with Gasteiger partial charge in [-0.1, -0.05) is 13.8 Å². The SMILES string of the molecule is CC(C)NCCCCN1CCCC(N(C)C)C1. The first-order chi connectivity index (χ1) is 8.09. The van der Waals surface area contributed by atoms with E-state index in [1.165, 1.54) is 51.9 Å². The van der Waals surface area contributed by atoms with Crippen molar-refractivity contribution in [1.29, 1.82) is 0 Å². The summed E-state index contributed by atoms with van der Waals surface area (Å²) in [5, 5.41) is 3.48. The van der Waals surface area contributed by atoms with E-state index in [4.69, 9.17) is 0 Å². The van der Waals surface area contributed by atoms with Gasteiger partial charge in [-0.25, -0.2) is 0 Å². The minimum absolute atomic E-state index is 0.628. The third-order valence-electron chi connectivity index (χ3n) is 3.66. The molecule has 1 N–H and O–H groups in total. The normalized spacial score (nSPS) is 22.6. The molecule has 17 heavy (non-hydrogen) atoms. The zero-order valence-electron chi connectivity index (χ0n) is 12.2. The first-order valence-corrected chi connectivity index (χ1v) is 7.21. The van der Waals surface area contributed by atoms with Crippen LogP contribution in [0.5, 0.6) is 0 Å². The van der Waals surface area contributed by atoms with Gasteiger partial charge in [0.15, 0.2) is 0 Å². The van der Waals surface area contributed by atoms with Crippen molar-refractivity contribution in [2.75, 3.05) is 40.3 Å². The Hall–Kier alpha value is -0.120. The second kappa shape index (κ2) is 8.06. The fraction of sp³-hybridized carbons (Fsp3) is 1.00. The van der Waals surface area contributed by atoms with Gasteiger partial charge < -0.3 is 15.1 Å². The smallest absolute Gasteiger partial charge is 0.0217 e. The molecule has 0 aromatic rings. The molecule has 0 aromatic carbocycles. The van der Waals surface area contributed by atoms with Crippen LogP contribution in [0.1, 0.15) is 39.5 Å². The molecule has 1 heterocycles. The van der Waals surface area contributed by atoms with Gasteiger partial charge in [-0.2, -0.15) is 0 Å². The van der Waals surface area contributed by atoms with Crippen molar-refractivity contribution in [1.82, 2.24) is 15.1 Å². The second-order valence-electron chi connectivity index (χ2n) is 5.88. The lowest BCUT2D eigenvalue weighted by atomic mass is 10.0. The van der Waals surface area contributed by atoms with Gasteiger partial charge in [0.05, 0.1) is 0 Å². The van der Waals surface area contributed by atoms with Gasteiger partial charge in [-0.15, -0.1) is 0 Å². The number of hydrogen-bond donors (Lipinski definition) is 1. The van der Waals surface area contributed by atoms with Crippen LogP contribution >= 0.6 is 0 Å². The molecule has 3 heteroatoms. The van der Waals surface area contributed by atoms with E-state index in [1.54, 1.807) is 0 Å². The highest BCUT2D eigenvalue weighted by molar-refractivity contribution is 4.77. The van der Waals surface area contributed by atoms with Gasteiger partial charge in [-0.05, 0) is 59.4 Å². The van der Waals surface area contributed by atoms with Crippen LogP contribution in [0, 0.1) is 0 Å². The molecule has 1 atom stereocenters. The molecule has 0 bridgehead atoms. The Morgan fingerprint density at radius 3 is 2.71 bits per heavy atom. The number of unbranched alkanes of at least 4 members (excludes halogenated alkanes) is 1. The molecule has 102 valence electrons. The van der Waals surface area contributed by atoms with Crippen LogP contribution in [0.25, 0.3) is 0 Å². The standard InChI is InChI=1S/C14H31N3/c1-13(2)15-9-5-6-10-17-11-7-8-14(12-17)16(3)4/h13-15H,5-12H2,1-4H3. The van der Waals surface area contributed by atoms with Crippen molar-refractivity contribution in [3.8, 4) is 0 Å². The highest BCUT2D eigenvalue weighted by atomic mass is 15.2. The second-order valence-corrected chi connectivity index (χ2v) is 5.88. The summed E-state index contributed by atoms with van der Waals surface area (Å²) in [4.78, 5) is 5.02. The van der Waals surface area contributed by atoms with Crippen LogP contribution in [0.2, 0.25) is 0 Å². The third kappa shape index (κ3) is 6.39. The minimum Gasteiger partial charge on any atom is -0.315 e. The zero-order chi connectivity index (χ0) is 12.7. The molecule has 0 radical (unpaired) electrons. The first kappa shape index (κ1) is 14.9. The van der Waals surface area contributed by atoms with Crippen molar-refractivity contribution in [3.63, 3.8) is 0 Å². The van der Waals surface area contributed by atoms with E-state index in [9.17, 15) is 0 Å². The average molecular weight is 241 g/mol. The topological polar surface area (TPSA) is 18.5 Å². The number of hydrogen-bond acceptors (Lipinski definition) is 3. The van der Waals surface area contributed by atoms with E-state index in [0.717, 1.165) is 6.04 Å². The number of likely N-dealkylation sites (tertiary alicyclic amines) is 1. The Morgan fingerprint density at radius 2 is 2.06 bits per heavy atom. The molecule has 1 aliphatic heterocycles. The summed E-state index contributed by atoms with van der Waals surface area (Å²) in [5.41, 5.74) is 0. The Kier molecular flexibility index (Phi) is 7.09. The molecule has 0 aromatic heterocycles. The monoisotopic (exact) mass is 241 g/mol. The van der Waals surface area contributed by atoms with Crippen LogP contribution in [0.15, 0.2) is 0 Å². The van der Waals surface area contributed by atoms with E-state index < -0.39 is 0 Å². The molecule has 0 amide bonds. The van der Waals surface area contributed by atoms with E-state index in [0.29, 0.717) is 6.04 Å². The van der Waals surface area contributed by atoms with Crippen LogP contribution in [0.4, 0.5) is 0 Å². The molecule has 0 saturated carbocycles. The molecule has 3 nitrogen and oxygen atoms in total. The first-order valence-electron chi connectivity index (χ1n) is 7.21. The molecule has 1 saturated heterocycles. The highest BCUT2D eigenvalue weighted by Gasteiger charge is 2.20. The average Bonchev–Trinajstić information content (AvgIpc) is 2.28. The van der Waals surface area contributed by atoms with Crippen molar-refractivity contribution >= 4 is 0 Å². The maximum Gasteiger partial charge on any atom is 0.0217 e. The van der Waals surface area contributed by atoms with E-state index in [1.807, 2.05) is 0 Å². The van der Waals surface area contributed by atoms with E-state index in [2.05, 4.69) is 43.1 Å². The third-order valence-corrected chi connectivity index (χ3v) is 3.66. The Morgan fingerprint density at radius 1 is 1.29 bits per heavy atom. The van der Waals surface area contributed by atoms with Gasteiger partial charge in [0.2, 0.25) is 0 Å². The number of nitrogens with zero attached hydrogens (tertiary/aromatic N) is 2.